The first kappa shape index (κ1) is 19.0. The van der Waals surface area contributed by atoms with E-state index < -0.39 is 0 Å². The highest BCUT2D eigenvalue weighted by atomic mass is 16.2. The highest BCUT2D eigenvalue weighted by Crippen LogP contribution is 2.18. The van der Waals surface area contributed by atoms with Crippen LogP contribution in [0, 0.1) is 0 Å². The van der Waals surface area contributed by atoms with E-state index in [0.717, 1.165) is 11.1 Å². The second-order valence-corrected chi connectivity index (χ2v) is 6.44. The van der Waals surface area contributed by atoms with E-state index in [1.165, 1.54) is 0 Å². The van der Waals surface area contributed by atoms with Gasteiger partial charge in [0, 0.05) is 0 Å². The van der Waals surface area contributed by atoms with Crippen molar-refractivity contribution in [2.75, 3.05) is 22.1 Å². The Morgan fingerprint density at radius 3 is 1.50 bits per heavy atom. The highest BCUT2D eigenvalue weighted by molar-refractivity contribution is 5.96. The quantitative estimate of drug-likeness (QED) is 0.497. The summed E-state index contributed by atoms with van der Waals surface area (Å²) in [5, 5.41) is 5.60. The van der Waals surface area contributed by atoms with Gasteiger partial charge in [0.2, 0.25) is 11.8 Å². The predicted molar refractivity (Wildman–Crippen MR) is 113 cm³/mol. The molecule has 2 amide bonds. The number of carbonyl (C=O) groups excluding carboxylic acids is 2. The number of nitrogens with two attached hydrogens (primary N) is 2. The number of anilines is 4. The standard InChI is InChI=1S/C22H22N4O2/c23-17-8-1-3-10-19(17)25-21(27)13-15-6-5-7-16(12-15)14-22(28)26-20-11-4-2-9-18(20)24/h1-12H,13-14,23-24H2,(H,25,27)(H,26,28). The molecule has 3 aromatic rings. The Kier molecular flexibility index (Phi) is 5.91. The molecule has 142 valence electrons. The summed E-state index contributed by atoms with van der Waals surface area (Å²) < 4.78 is 0. The summed E-state index contributed by atoms with van der Waals surface area (Å²) in [5.74, 6) is -0.340. The summed E-state index contributed by atoms with van der Waals surface area (Å²) in [7, 11) is 0. The molecule has 0 atom stereocenters. The van der Waals surface area contributed by atoms with E-state index in [2.05, 4.69) is 10.6 Å². The van der Waals surface area contributed by atoms with E-state index in [9.17, 15) is 9.59 Å². The van der Waals surface area contributed by atoms with Gasteiger partial charge in [0.15, 0.2) is 0 Å². The Morgan fingerprint density at radius 1 is 0.643 bits per heavy atom. The van der Waals surface area contributed by atoms with Gasteiger partial charge in [-0.2, -0.15) is 0 Å². The second-order valence-electron chi connectivity index (χ2n) is 6.44. The van der Waals surface area contributed by atoms with Crippen LogP contribution in [-0.4, -0.2) is 11.8 Å². The number of amides is 2. The number of benzene rings is 3. The molecule has 0 fully saturated rings. The summed E-state index contributed by atoms with van der Waals surface area (Å²) in [6.45, 7) is 0. The van der Waals surface area contributed by atoms with Crippen molar-refractivity contribution >= 4 is 34.6 Å². The first-order valence-corrected chi connectivity index (χ1v) is 8.88. The summed E-state index contributed by atoms with van der Waals surface area (Å²) >= 11 is 0. The normalized spacial score (nSPS) is 10.3. The zero-order valence-electron chi connectivity index (χ0n) is 15.3. The van der Waals surface area contributed by atoms with Crippen LogP contribution in [0.25, 0.3) is 0 Å². The fourth-order valence-corrected chi connectivity index (χ4v) is 2.83. The smallest absolute Gasteiger partial charge is 0.228 e. The van der Waals surface area contributed by atoms with E-state index in [1.54, 1.807) is 24.3 Å². The van der Waals surface area contributed by atoms with Gasteiger partial charge in [-0.25, -0.2) is 0 Å². The van der Waals surface area contributed by atoms with Gasteiger partial charge < -0.3 is 22.1 Å². The van der Waals surface area contributed by atoms with Crippen LogP contribution in [0.2, 0.25) is 0 Å². The molecule has 0 saturated heterocycles. The average Bonchev–Trinajstić information content (AvgIpc) is 2.66. The van der Waals surface area contributed by atoms with Crippen molar-refractivity contribution < 1.29 is 9.59 Å². The maximum absolute atomic E-state index is 12.3. The van der Waals surface area contributed by atoms with E-state index in [-0.39, 0.29) is 24.7 Å². The van der Waals surface area contributed by atoms with Crippen LogP contribution in [0.5, 0.6) is 0 Å². The summed E-state index contributed by atoms with van der Waals surface area (Å²) in [5.41, 5.74) is 15.5. The molecule has 0 bridgehead atoms. The van der Waals surface area contributed by atoms with Crippen molar-refractivity contribution in [3.05, 3.63) is 83.9 Å². The molecule has 0 unspecified atom stereocenters. The van der Waals surface area contributed by atoms with Crippen molar-refractivity contribution in [3.8, 4) is 0 Å². The Morgan fingerprint density at radius 2 is 1.07 bits per heavy atom. The maximum Gasteiger partial charge on any atom is 0.228 e. The van der Waals surface area contributed by atoms with E-state index >= 15 is 0 Å². The topological polar surface area (TPSA) is 110 Å². The van der Waals surface area contributed by atoms with Gasteiger partial charge in [-0.05, 0) is 35.4 Å². The number of para-hydroxylation sites is 4. The predicted octanol–water partition coefficient (Wildman–Crippen LogP) is 3.21. The molecule has 28 heavy (non-hydrogen) atoms. The first-order chi connectivity index (χ1) is 13.5. The van der Waals surface area contributed by atoms with Gasteiger partial charge in [-0.3, -0.25) is 9.59 Å². The minimum atomic E-state index is -0.170. The molecule has 0 heterocycles. The fourth-order valence-electron chi connectivity index (χ4n) is 2.83. The largest absolute Gasteiger partial charge is 0.397 e. The number of nitrogen functional groups attached to an aromatic ring is 2. The lowest BCUT2D eigenvalue weighted by Gasteiger charge is -2.10. The molecule has 0 saturated carbocycles. The third-order valence-corrected chi connectivity index (χ3v) is 4.19. The third-order valence-electron chi connectivity index (χ3n) is 4.19. The van der Waals surface area contributed by atoms with Crippen LogP contribution in [0.15, 0.2) is 72.8 Å². The van der Waals surface area contributed by atoms with Gasteiger partial charge >= 0.3 is 0 Å². The molecule has 0 aliphatic heterocycles. The van der Waals surface area contributed by atoms with Crippen LogP contribution in [-0.2, 0) is 22.4 Å². The van der Waals surface area contributed by atoms with Gasteiger partial charge in [0.25, 0.3) is 0 Å². The minimum Gasteiger partial charge on any atom is -0.397 e. The molecule has 0 aliphatic carbocycles. The zero-order chi connectivity index (χ0) is 19.9. The number of rotatable bonds is 6. The average molecular weight is 374 g/mol. The van der Waals surface area contributed by atoms with Crippen molar-refractivity contribution in [1.29, 1.82) is 0 Å². The van der Waals surface area contributed by atoms with Crippen LogP contribution >= 0.6 is 0 Å². The molecular weight excluding hydrogens is 352 g/mol. The molecular formula is C22H22N4O2. The van der Waals surface area contributed by atoms with Crippen molar-refractivity contribution in [2.45, 2.75) is 12.8 Å². The molecule has 6 nitrogen and oxygen atoms in total. The van der Waals surface area contributed by atoms with Crippen LogP contribution in [0.3, 0.4) is 0 Å². The molecule has 6 heteroatoms. The SMILES string of the molecule is Nc1ccccc1NC(=O)Cc1cccc(CC(=O)Nc2ccccc2N)c1. The van der Waals surface area contributed by atoms with Gasteiger partial charge in [-0.15, -0.1) is 0 Å². The fraction of sp³-hybridized carbons (Fsp3) is 0.0909. The summed E-state index contributed by atoms with van der Waals surface area (Å²) in [4.78, 5) is 24.6. The number of hydrogen-bond donors (Lipinski definition) is 4. The Labute approximate surface area is 163 Å². The summed E-state index contributed by atoms with van der Waals surface area (Å²) in [6, 6.07) is 21.6. The molecule has 0 spiro atoms. The number of hydrogen-bond acceptors (Lipinski definition) is 4. The van der Waals surface area contributed by atoms with Crippen molar-refractivity contribution in [2.24, 2.45) is 0 Å². The lowest BCUT2D eigenvalue weighted by Crippen LogP contribution is -2.17. The molecule has 6 N–H and O–H groups in total. The lowest BCUT2D eigenvalue weighted by molar-refractivity contribution is -0.116. The number of nitrogens with one attached hydrogen (secondary N) is 2. The van der Waals surface area contributed by atoms with Gasteiger partial charge in [-0.1, -0.05) is 48.5 Å². The zero-order valence-corrected chi connectivity index (χ0v) is 15.3. The highest BCUT2D eigenvalue weighted by Gasteiger charge is 2.09. The molecule has 0 radical (unpaired) electrons. The van der Waals surface area contributed by atoms with E-state index in [1.807, 2.05) is 48.5 Å². The Bertz CT molecular complexity index is 924. The first-order valence-electron chi connectivity index (χ1n) is 8.88. The third kappa shape index (κ3) is 5.11. The number of carbonyl (C=O) groups is 2. The van der Waals surface area contributed by atoms with Crippen LogP contribution in [0.4, 0.5) is 22.7 Å². The van der Waals surface area contributed by atoms with Gasteiger partial charge in [0.1, 0.15) is 0 Å². The summed E-state index contributed by atoms with van der Waals surface area (Å²) in [6.07, 6.45) is 0.380. The molecule has 0 aliphatic rings. The molecule has 0 aromatic heterocycles. The molecule has 3 aromatic carbocycles. The lowest BCUT2D eigenvalue weighted by atomic mass is 10.0. The Hall–Kier alpha value is -3.80. The monoisotopic (exact) mass is 374 g/mol. The van der Waals surface area contributed by atoms with Crippen LogP contribution < -0.4 is 22.1 Å². The molecule has 3 rings (SSSR count). The van der Waals surface area contributed by atoms with E-state index in [0.29, 0.717) is 22.7 Å². The van der Waals surface area contributed by atoms with Crippen LogP contribution in [0.1, 0.15) is 11.1 Å². The minimum absolute atomic E-state index is 0.170. The van der Waals surface area contributed by atoms with Crippen molar-refractivity contribution in [1.82, 2.24) is 0 Å². The van der Waals surface area contributed by atoms with E-state index in [4.69, 9.17) is 11.5 Å². The maximum atomic E-state index is 12.3. The van der Waals surface area contributed by atoms with Crippen molar-refractivity contribution in [3.63, 3.8) is 0 Å². The second kappa shape index (κ2) is 8.73. The Balaban J connectivity index is 1.60. The van der Waals surface area contributed by atoms with Gasteiger partial charge in [0.05, 0.1) is 35.6 Å².